The largest absolute Gasteiger partial charge is 0.497 e. The zero-order valence-corrected chi connectivity index (χ0v) is 17.1. The van der Waals surface area contributed by atoms with Gasteiger partial charge in [0.2, 0.25) is 11.1 Å². The van der Waals surface area contributed by atoms with Crippen LogP contribution in [0.3, 0.4) is 0 Å². The minimum Gasteiger partial charge on any atom is -0.497 e. The van der Waals surface area contributed by atoms with Crippen LogP contribution >= 0.6 is 11.8 Å². The van der Waals surface area contributed by atoms with Crippen molar-refractivity contribution < 1.29 is 9.53 Å². The van der Waals surface area contributed by atoms with E-state index < -0.39 is 0 Å². The Bertz CT molecular complexity index is 907. The van der Waals surface area contributed by atoms with Gasteiger partial charge in [0.25, 0.3) is 0 Å². The summed E-state index contributed by atoms with van der Waals surface area (Å²) in [6.45, 7) is 2.72. The standard InChI is InChI=1S/C21H24N4O2S/c1-4-15-5-7-16(8-6-15)13-25(2)19(26)14-28-21-22-20(23-24-21)17-9-11-18(27-3)12-10-17/h5-12H,4,13-14H2,1-3H3,(H,22,23,24). The fourth-order valence-corrected chi connectivity index (χ4v) is 3.41. The fraction of sp³-hybridized carbons (Fsp3) is 0.286. The molecule has 0 aliphatic rings. The van der Waals surface area contributed by atoms with Crippen LogP contribution in [0.15, 0.2) is 53.7 Å². The topological polar surface area (TPSA) is 71.1 Å². The summed E-state index contributed by atoms with van der Waals surface area (Å²) in [6, 6.07) is 15.9. The highest BCUT2D eigenvalue weighted by Crippen LogP contribution is 2.22. The highest BCUT2D eigenvalue weighted by atomic mass is 32.2. The first kappa shape index (κ1) is 19.9. The molecule has 7 heteroatoms. The highest BCUT2D eigenvalue weighted by Gasteiger charge is 2.13. The van der Waals surface area contributed by atoms with Gasteiger partial charge in [0.15, 0.2) is 5.82 Å². The van der Waals surface area contributed by atoms with Gasteiger partial charge in [-0.1, -0.05) is 43.0 Å². The van der Waals surface area contributed by atoms with E-state index in [1.54, 1.807) is 12.0 Å². The molecule has 6 nitrogen and oxygen atoms in total. The number of methoxy groups -OCH3 is 1. The summed E-state index contributed by atoms with van der Waals surface area (Å²) < 4.78 is 5.16. The number of ether oxygens (including phenoxy) is 1. The Kier molecular flexibility index (Phi) is 6.71. The predicted molar refractivity (Wildman–Crippen MR) is 111 cm³/mol. The zero-order chi connectivity index (χ0) is 19.9. The van der Waals surface area contributed by atoms with E-state index >= 15 is 0 Å². The Hall–Kier alpha value is -2.80. The van der Waals surface area contributed by atoms with E-state index in [0.717, 1.165) is 23.3 Å². The van der Waals surface area contributed by atoms with Gasteiger partial charge >= 0.3 is 0 Å². The molecule has 3 aromatic rings. The smallest absolute Gasteiger partial charge is 0.233 e. The molecule has 0 unspecified atom stereocenters. The number of rotatable bonds is 8. The first-order valence-corrected chi connectivity index (χ1v) is 10.1. The monoisotopic (exact) mass is 396 g/mol. The van der Waals surface area contributed by atoms with E-state index in [2.05, 4.69) is 46.4 Å². The summed E-state index contributed by atoms with van der Waals surface area (Å²) in [5.74, 6) is 1.79. The van der Waals surface area contributed by atoms with Crippen molar-refractivity contribution in [1.82, 2.24) is 20.1 Å². The first-order chi connectivity index (χ1) is 13.6. The quantitative estimate of drug-likeness (QED) is 0.587. The van der Waals surface area contributed by atoms with Crippen molar-refractivity contribution in [3.05, 3.63) is 59.7 Å². The van der Waals surface area contributed by atoms with Crippen LogP contribution in [0.5, 0.6) is 5.75 Å². The van der Waals surface area contributed by atoms with Gasteiger partial charge in [-0.25, -0.2) is 4.98 Å². The SMILES string of the molecule is CCc1ccc(CN(C)C(=O)CSc2n[nH]c(-c3ccc(OC)cc3)n2)cc1. The van der Waals surface area contributed by atoms with Crippen molar-refractivity contribution >= 4 is 17.7 Å². The summed E-state index contributed by atoms with van der Waals surface area (Å²) in [5, 5.41) is 7.67. The third kappa shape index (κ3) is 5.13. The lowest BCUT2D eigenvalue weighted by molar-refractivity contribution is -0.127. The van der Waals surface area contributed by atoms with Gasteiger partial charge in [-0.05, 0) is 41.8 Å². The predicted octanol–water partition coefficient (Wildman–Crippen LogP) is 3.79. The maximum atomic E-state index is 12.4. The molecule has 0 saturated carbocycles. The number of carbonyl (C=O) groups excluding carboxylic acids is 1. The van der Waals surface area contributed by atoms with Gasteiger partial charge in [-0.2, -0.15) is 0 Å². The summed E-state index contributed by atoms with van der Waals surface area (Å²) in [6.07, 6.45) is 1.01. The minimum atomic E-state index is 0.0420. The van der Waals surface area contributed by atoms with Gasteiger partial charge < -0.3 is 9.64 Å². The molecule has 1 heterocycles. The van der Waals surface area contributed by atoms with E-state index in [1.165, 1.54) is 17.3 Å². The maximum Gasteiger partial charge on any atom is 0.233 e. The molecule has 0 fully saturated rings. The molecule has 0 aliphatic heterocycles. The minimum absolute atomic E-state index is 0.0420. The average molecular weight is 397 g/mol. The van der Waals surface area contributed by atoms with Crippen LogP contribution in [-0.2, 0) is 17.8 Å². The van der Waals surface area contributed by atoms with Gasteiger partial charge in [0, 0.05) is 19.2 Å². The van der Waals surface area contributed by atoms with Crippen LogP contribution in [0.25, 0.3) is 11.4 Å². The lowest BCUT2D eigenvalue weighted by Crippen LogP contribution is -2.27. The lowest BCUT2D eigenvalue weighted by Gasteiger charge is -2.17. The molecule has 1 aromatic heterocycles. The van der Waals surface area contributed by atoms with Crippen LogP contribution < -0.4 is 4.74 Å². The van der Waals surface area contributed by atoms with Gasteiger partial charge in [-0.15, -0.1) is 5.10 Å². The van der Waals surface area contributed by atoms with Gasteiger partial charge in [0.05, 0.1) is 12.9 Å². The number of aromatic amines is 1. The van der Waals surface area contributed by atoms with E-state index in [1.807, 2.05) is 31.3 Å². The molecule has 28 heavy (non-hydrogen) atoms. The third-order valence-electron chi connectivity index (χ3n) is 4.43. The number of aromatic nitrogens is 3. The number of hydrogen-bond acceptors (Lipinski definition) is 5. The second kappa shape index (κ2) is 9.41. The average Bonchev–Trinajstić information content (AvgIpc) is 3.21. The van der Waals surface area contributed by atoms with Crippen molar-refractivity contribution in [2.75, 3.05) is 19.9 Å². The molecule has 3 rings (SSSR count). The number of H-pyrrole nitrogens is 1. The second-order valence-electron chi connectivity index (χ2n) is 6.40. The van der Waals surface area contributed by atoms with E-state index in [0.29, 0.717) is 23.3 Å². The third-order valence-corrected chi connectivity index (χ3v) is 5.26. The van der Waals surface area contributed by atoms with E-state index in [-0.39, 0.29) is 5.91 Å². The summed E-state index contributed by atoms with van der Waals surface area (Å²) in [5.41, 5.74) is 3.34. The highest BCUT2D eigenvalue weighted by molar-refractivity contribution is 7.99. The van der Waals surface area contributed by atoms with Crippen LogP contribution in [0, 0.1) is 0 Å². The molecule has 0 saturated heterocycles. The molecule has 2 aromatic carbocycles. The Balaban J connectivity index is 1.52. The number of amides is 1. The summed E-state index contributed by atoms with van der Waals surface area (Å²) in [7, 11) is 3.45. The normalized spacial score (nSPS) is 10.7. The van der Waals surface area contributed by atoms with Crippen LogP contribution in [0.1, 0.15) is 18.1 Å². The number of aryl methyl sites for hydroxylation is 1. The molecule has 1 N–H and O–H groups in total. The van der Waals surface area contributed by atoms with Crippen LogP contribution in [0.4, 0.5) is 0 Å². The van der Waals surface area contributed by atoms with Crippen molar-refractivity contribution in [1.29, 1.82) is 0 Å². The number of nitrogens with zero attached hydrogens (tertiary/aromatic N) is 3. The summed E-state index contributed by atoms with van der Waals surface area (Å²) >= 11 is 1.33. The molecular weight excluding hydrogens is 372 g/mol. The summed E-state index contributed by atoms with van der Waals surface area (Å²) in [4.78, 5) is 18.6. The number of benzene rings is 2. The Labute approximate surface area is 169 Å². The molecule has 1 amide bonds. The lowest BCUT2D eigenvalue weighted by atomic mass is 10.1. The van der Waals surface area contributed by atoms with Crippen molar-refractivity contribution in [2.45, 2.75) is 25.0 Å². The molecule has 0 radical (unpaired) electrons. The molecule has 146 valence electrons. The fourth-order valence-electron chi connectivity index (χ4n) is 2.67. The maximum absolute atomic E-state index is 12.4. The van der Waals surface area contributed by atoms with Gasteiger partial charge in [0.1, 0.15) is 5.75 Å². The van der Waals surface area contributed by atoms with Crippen molar-refractivity contribution in [2.24, 2.45) is 0 Å². The van der Waals surface area contributed by atoms with Crippen LogP contribution in [0.2, 0.25) is 0 Å². The second-order valence-corrected chi connectivity index (χ2v) is 7.35. The van der Waals surface area contributed by atoms with Crippen molar-refractivity contribution in [3.63, 3.8) is 0 Å². The van der Waals surface area contributed by atoms with E-state index in [9.17, 15) is 4.79 Å². The molecule has 0 spiro atoms. The number of carbonyl (C=O) groups is 1. The Morgan fingerprint density at radius 2 is 1.79 bits per heavy atom. The first-order valence-electron chi connectivity index (χ1n) is 9.10. The Morgan fingerprint density at radius 1 is 1.11 bits per heavy atom. The Morgan fingerprint density at radius 3 is 2.43 bits per heavy atom. The molecule has 0 bridgehead atoms. The number of nitrogens with one attached hydrogen (secondary N) is 1. The number of hydrogen-bond donors (Lipinski definition) is 1. The number of thioether (sulfide) groups is 1. The molecular formula is C21H24N4O2S. The molecule has 0 atom stereocenters. The van der Waals surface area contributed by atoms with Gasteiger partial charge in [-0.3, -0.25) is 9.89 Å². The zero-order valence-electron chi connectivity index (χ0n) is 16.3. The van der Waals surface area contributed by atoms with Crippen molar-refractivity contribution in [3.8, 4) is 17.1 Å². The molecule has 0 aliphatic carbocycles. The van der Waals surface area contributed by atoms with E-state index in [4.69, 9.17) is 4.74 Å². The van der Waals surface area contributed by atoms with Crippen LogP contribution in [-0.4, -0.2) is 45.9 Å².